The van der Waals surface area contributed by atoms with E-state index in [4.69, 9.17) is 4.74 Å². The fraction of sp³-hybridized carbons (Fsp3) is 0.190. The van der Waals surface area contributed by atoms with Gasteiger partial charge in [-0.05, 0) is 30.3 Å². The van der Waals surface area contributed by atoms with Gasteiger partial charge in [0.15, 0.2) is 0 Å². The molecule has 7 nitrogen and oxygen atoms in total. The number of nitrogens with one attached hydrogen (secondary N) is 2. The van der Waals surface area contributed by atoms with Crippen molar-refractivity contribution in [1.82, 2.24) is 10.4 Å². The maximum Gasteiger partial charge on any atom is 0.245 e. The summed E-state index contributed by atoms with van der Waals surface area (Å²) in [5, 5.41) is 5.09. The molecule has 0 aliphatic carbocycles. The van der Waals surface area contributed by atoms with Crippen LogP contribution in [0.1, 0.15) is 12.0 Å². The van der Waals surface area contributed by atoms with Crippen LogP contribution in [0.25, 0.3) is 10.9 Å². The Morgan fingerprint density at radius 1 is 1.25 bits per heavy atom. The molecule has 0 radical (unpaired) electrons. The van der Waals surface area contributed by atoms with Crippen LogP contribution in [0.5, 0.6) is 5.75 Å². The van der Waals surface area contributed by atoms with Gasteiger partial charge in [0.25, 0.3) is 0 Å². The first kappa shape index (κ1) is 17.8. The van der Waals surface area contributed by atoms with E-state index in [0.29, 0.717) is 6.54 Å². The van der Waals surface area contributed by atoms with Crippen molar-refractivity contribution >= 4 is 34.6 Å². The Hall–Kier alpha value is -3.61. The second kappa shape index (κ2) is 7.56. The molecule has 142 valence electrons. The standard InChI is InChI=1S/C21H20N4O3/c1-28-17-8-6-16(7-9-17)25-13-14(10-20(25)26)21(27)24-23-12-15-11-22-19-5-3-2-4-18(15)19/h2-9,11-12,14,22H,10,13H2,1H3,(H,24,27)/b23-12+/t14-/m0/s1. The fourth-order valence-electron chi connectivity index (χ4n) is 3.35. The van der Waals surface area contributed by atoms with Gasteiger partial charge in [0.1, 0.15) is 5.75 Å². The summed E-state index contributed by atoms with van der Waals surface area (Å²) in [6.45, 7) is 0.333. The fourth-order valence-corrected chi connectivity index (χ4v) is 3.35. The Morgan fingerprint density at radius 2 is 2.04 bits per heavy atom. The largest absolute Gasteiger partial charge is 0.497 e. The van der Waals surface area contributed by atoms with Gasteiger partial charge in [0.05, 0.1) is 19.2 Å². The highest BCUT2D eigenvalue weighted by atomic mass is 16.5. The van der Waals surface area contributed by atoms with Crippen LogP contribution in [-0.4, -0.2) is 36.7 Å². The zero-order valence-electron chi connectivity index (χ0n) is 15.4. The first-order valence-corrected chi connectivity index (χ1v) is 8.99. The lowest BCUT2D eigenvalue weighted by molar-refractivity contribution is -0.126. The molecular weight excluding hydrogens is 356 g/mol. The van der Waals surface area contributed by atoms with Gasteiger partial charge in [0.2, 0.25) is 11.8 Å². The number of hydrogen-bond donors (Lipinski definition) is 2. The van der Waals surface area contributed by atoms with E-state index >= 15 is 0 Å². The third kappa shape index (κ3) is 3.46. The molecule has 0 bridgehead atoms. The van der Waals surface area contributed by atoms with E-state index in [1.165, 1.54) is 0 Å². The van der Waals surface area contributed by atoms with E-state index < -0.39 is 5.92 Å². The molecule has 1 atom stereocenters. The molecule has 0 saturated carbocycles. The number of aromatic nitrogens is 1. The van der Waals surface area contributed by atoms with Crippen LogP contribution in [-0.2, 0) is 9.59 Å². The van der Waals surface area contributed by atoms with Gasteiger partial charge in [-0.25, -0.2) is 5.43 Å². The van der Waals surface area contributed by atoms with E-state index in [2.05, 4.69) is 15.5 Å². The van der Waals surface area contributed by atoms with Crippen molar-refractivity contribution in [3.05, 3.63) is 60.3 Å². The molecule has 2 amide bonds. The maximum atomic E-state index is 12.4. The summed E-state index contributed by atoms with van der Waals surface area (Å²) in [7, 11) is 1.59. The van der Waals surface area contributed by atoms with Crippen molar-refractivity contribution in [3.8, 4) is 5.75 Å². The molecule has 7 heteroatoms. The first-order chi connectivity index (χ1) is 13.7. The highest BCUT2D eigenvalue weighted by Crippen LogP contribution is 2.27. The molecule has 1 fully saturated rings. The van der Waals surface area contributed by atoms with Gasteiger partial charge >= 0.3 is 0 Å². The van der Waals surface area contributed by atoms with Gasteiger partial charge < -0.3 is 14.6 Å². The van der Waals surface area contributed by atoms with Crippen LogP contribution < -0.4 is 15.1 Å². The van der Waals surface area contributed by atoms with Crippen LogP contribution in [0.15, 0.2) is 59.8 Å². The van der Waals surface area contributed by atoms with E-state index in [0.717, 1.165) is 27.9 Å². The van der Waals surface area contributed by atoms with Gasteiger partial charge in [-0.15, -0.1) is 0 Å². The molecule has 28 heavy (non-hydrogen) atoms. The Labute approximate surface area is 162 Å². The lowest BCUT2D eigenvalue weighted by atomic mass is 10.1. The molecule has 1 aromatic heterocycles. The monoisotopic (exact) mass is 376 g/mol. The predicted octanol–water partition coefficient (Wildman–Crippen LogP) is 2.68. The maximum absolute atomic E-state index is 12.4. The third-order valence-corrected chi connectivity index (χ3v) is 4.88. The first-order valence-electron chi connectivity index (χ1n) is 8.99. The van der Waals surface area contributed by atoms with Gasteiger partial charge in [-0.3, -0.25) is 9.59 Å². The number of benzene rings is 2. The van der Waals surface area contributed by atoms with Crippen molar-refractivity contribution in [3.63, 3.8) is 0 Å². The number of amides is 2. The van der Waals surface area contributed by atoms with Crippen LogP contribution in [0.4, 0.5) is 5.69 Å². The SMILES string of the molecule is COc1ccc(N2C[C@@H](C(=O)N/N=C/c3c[nH]c4ccccc34)CC2=O)cc1. The Bertz CT molecular complexity index is 1040. The molecule has 1 aliphatic heterocycles. The summed E-state index contributed by atoms with van der Waals surface area (Å²) in [4.78, 5) is 29.5. The second-order valence-corrected chi connectivity index (χ2v) is 6.63. The summed E-state index contributed by atoms with van der Waals surface area (Å²) in [6, 6.07) is 15.1. The van der Waals surface area contributed by atoms with Gasteiger partial charge in [-0.2, -0.15) is 5.10 Å². The van der Waals surface area contributed by atoms with E-state index in [9.17, 15) is 9.59 Å². The average molecular weight is 376 g/mol. The third-order valence-electron chi connectivity index (χ3n) is 4.88. The number of hydrogen-bond acceptors (Lipinski definition) is 4. The van der Waals surface area contributed by atoms with Crippen molar-refractivity contribution in [1.29, 1.82) is 0 Å². The number of hydrazone groups is 1. The number of anilines is 1. The minimum atomic E-state index is -0.435. The molecule has 4 rings (SSSR count). The van der Waals surface area contributed by atoms with Gasteiger partial charge in [0, 0.05) is 41.3 Å². The molecule has 3 aromatic rings. The summed E-state index contributed by atoms with van der Waals surface area (Å²) in [5.41, 5.74) is 5.20. The number of carbonyl (C=O) groups is 2. The van der Waals surface area contributed by atoms with E-state index in [1.54, 1.807) is 30.4 Å². The zero-order chi connectivity index (χ0) is 19.5. The molecule has 2 aromatic carbocycles. The molecule has 2 heterocycles. The molecule has 0 unspecified atom stereocenters. The van der Waals surface area contributed by atoms with Crippen LogP contribution >= 0.6 is 0 Å². The minimum Gasteiger partial charge on any atom is -0.497 e. The molecule has 1 saturated heterocycles. The summed E-state index contributed by atoms with van der Waals surface area (Å²) >= 11 is 0. The van der Waals surface area contributed by atoms with Crippen molar-refractivity contribution in [2.24, 2.45) is 11.0 Å². The zero-order valence-corrected chi connectivity index (χ0v) is 15.4. The van der Waals surface area contributed by atoms with Crippen LogP contribution in [0, 0.1) is 5.92 Å². The highest BCUT2D eigenvalue weighted by molar-refractivity contribution is 6.01. The topological polar surface area (TPSA) is 86.8 Å². The van der Waals surface area contributed by atoms with Crippen LogP contribution in [0.2, 0.25) is 0 Å². The van der Waals surface area contributed by atoms with Crippen molar-refractivity contribution in [2.45, 2.75) is 6.42 Å². The quantitative estimate of drug-likeness (QED) is 0.530. The predicted molar refractivity (Wildman–Crippen MR) is 107 cm³/mol. The number of carbonyl (C=O) groups excluding carboxylic acids is 2. The smallest absolute Gasteiger partial charge is 0.245 e. The number of H-pyrrole nitrogens is 1. The van der Waals surface area contributed by atoms with Crippen molar-refractivity contribution < 1.29 is 14.3 Å². The molecule has 0 spiro atoms. The minimum absolute atomic E-state index is 0.0778. The molecule has 2 N–H and O–H groups in total. The number of aromatic amines is 1. The lowest BCUT2D eigenvalue weighted by Crippen LogP contribution is -2.30. The van der Waals surface area contributed by atoms with Gasteiger partial charge in [-0.1, -0.05) is 18.2 Å². The summed E-state index contributed by atoms with van der Waals surface area (Å²) in [6.07, 6.45) is 3.61. The lowest BCUT2D eigenvalue weighted by Gasteiger charge is -2.16. The summed E-state index contributed by atoms with van der Waals surface area (Å²) < 4.78 is 5.13. The Kier molecular flexibility index (Phi) is 4.80. The Balaban J connectivity index is 1.39. The number of fused-ring (bicyclic) bond motifs is 1. The highest BCUT2D eigenvalue weighted by Gasteiger charge is 2.35. The normalized spacial score (nSPS) is 16.8. The number of methoxy groups -OCH3 is 1. The average Bonchev–Trinajstić information content (AvgIpc) is 3.32. The second-order valence-electron chi connectivity index (χ2n) is 6.63. The Morgan fingerprint density at radius 3 is 2.82 bits per heavy atom. The molecule has 1 aliphatic rings. The number of para-hydroxylation sites is 1. The van der Waals surface area contributed by atoms with Crippen LogP contribution in [0.3, 0.4) is 0 Å². The number of rotatable bonds is 5. The van der Waals surface area contributed by atoms with E-state index in [1.807, 2.05) is 42.6 Å². The number of ether oxygens (including phenoxy) is 1. The number of nitrogens with zero attached hydrogens (tertiary/aromatic N) is 2. The van der Waals surface area contributed by atoms with Crippen molar-refractivity contribution in [2.75, 3.05) is 18.6 Å². The summed E-state index contributed by atoms with van der Waals surface area (Å²) in [5.74, 6) is -0.0580. The van der Waals surface area contributed by atoms with E-state index in [-0.39, 0.29) is 18.2 Å². The molecular formula is C21H20N4O3.